The normalized spacial score (nSPS) is 17.4. The van der Waals surface area contributed by atoms with Gasteiger partial charge < -0.3 is 10.5 Å². The number of ether oxygens (including phenoxy) is 1. The Balaban J connectivity index is 1.60. The van der Waals surface area contributed by atoms with Gasteiger partial charge in [-0.2, -0.15) is 4.98 Å². The van der Waals surface area contributed by atoms with Crippen LogP contribution in [-0.2, 0) is 11.0 Å². The lowest BCUT2D eigenvalue weighted by Crippen LogP contribution is -2.39. The quantitative estimate of drug-likeness (QED) is 0.846. The fourth-order valence-electron chi connectivity index (χ4n) is 2.44. The third-order valence-electron chi connectivity index (χ3n) is 3.76. The molecule has 0 amide bonds. The number of piperidine rings is 1. The number of rotatable bonds is 4. The molecule has 1 atom stereocenters. The van der Waals surface area contributed by atoms with Gasteiger partial charge in [0.2, 0.25) is 0 Å². The molecule has 1 saturated heterocycles. The van der Waals surface area contributed by atoms with Crippen molar-refractivity contribution in [2.75, 3.05) is 18.8 Å². The third-order valence-corrected chi connectivity index (χ3v) is 6.24. The second-order valence-corrected chi connectivity index (χ2v) is 7.67. The minimum atomic E-state index is -1.40. The van der Waals surface area contributed by atoms with E-state index in [2.05, 4.69) is 9.97 Å². The van der Waals surface area contributed by atoms with Crippen LogP contribution < -0.4 is 10.5 Å². The first kappa shape index (κ1) is 18.3. The number of halogens is 3. The summed E-state index contributed by atoms with van der Waals surface area (Å²) in [6, 6.07) is 5.10. The van der Waals surface area contributed by atoms with E-state index in [1.54, 1.807) is 22.5 Å². The van der Waals surface area contributed by atoms with E-state index < -0.39 is 16.8 Å². The lowest BCUT2D eigenvalue weighted by Gasteiger charge is -2.30. The lowest BCUT2D eigenvalue weighted by molar-refractivity contribution is 0.126. The molecular formula is C15H15Cl2FN4O2S. The highest BCUT2D eigenvalue weighted by molar-refractivity contribution is 7.82. The number of nitrogens with two attached hydrogens (primary N) is 1. The average Bonchev–Trinajstić information content (AvgIpc) is 2.61. The maximum atomic E-state index is 13.1. The van der Waals surface area contributed by atoms with Gasteiger partial charge in [0, 0.05) is 13.1 Å². The monoisotopic (exact) mass is 404 g/mol. The van der Waals surface area contributed by atoms with Crippen molar-refractivity contribution >= 4 is 40.0 Å². The highest BCUT2D eigenvalue weighted by Gasteiger charge is 2.27. The van der Waals surface area contributed by atoms with Gasteiger partial charge in [0.05, 0.1) is 21.1 Å². The van der Waals surface area contributed by atoms with E-state index in [-0.39, 0.29) is 17.9 Å². The fraction of sp³-hybridized carbons (Fsp3) is 0.333. The van der Waals surface area contributed by atoms with E-state index >= 15 is 0 Å². The van der Waals surface area contributed by atoms with Crippen molar-refractivity contribution in [3.63, 3.8) is 0 Å². The van der Waals surface area contributed by atoms with Gasteiger partial charge in [-0.05, 0) is 25.0 Å². The first-order chi connectivity index (χ1) is 12.0. The van der Waals surface area contributed by atoms with E-state index in [0.29, 0.717) is 40.9 Å². The highest BCUT2D eigenvalue weighted by Crippen LogP contribution is 2.30. The summed E-state index contributed by atoms with van der Waals surface area (Å²) < 4.78 is 33.2. The molecule has 1 aliphatic heterocycles. The van der Waals surface area contributed by atoms with Crippen LogP contribution in [0.3, 0.4) is 0 Å². The summed E-state index contributed by atoms with van der Waals surface area (Å²) in [5.41, 5.74) is 5.40. The molecule has 2 N–H and O–H groups in total. The number of nitrogens with zero attached hydrogens (tertiary/aromatic N) is 3. The molecular weight excluding hydrogens is 390 g/mol. The van der Waals surface area contributed by atoms with E-state index in [4.69, 9.17) is 33.7 Å². The van der Waals surface area contributed by atoms with E-state index in [1.807, 2.05) is 0 Å². The van der Waals surface area contributed by atoms with E-state index in [0.717, 1.165) is 6.20 Å². The molecule has 1 aromatic heterocycles. The summed E-state index contributed by atoms with van der Waals surface area (Å²) in [7, 11) is -1.40. The zero-order chi connectivity index (χ0) is 18.0. The van der Waals surface area contributed by atoms with Crippen molar-refractivity contribution in [2.45, 2.75) is 23.8 Å². The van der Waals surface area contributed by atoms with Crippen molar-refractivity contribution in [1.82, 2.24) is 14.3 Å². The van der Waals surface area contributed by atoms with Crippen molar-refractivity contribution in [3.05, 3.63) is 40.3 Å². The molecule has 0 bridgehead atoms. The van der Waals surface area contributed by atoms with Crippen LogP contribution in [0.5, 0.6) is 6.01 Å². The minimum Gasteiger partial charge on any atom is -0.460 e. The standard InChI is InChI=1S/C15H15Cl2FN4O2S/c16-10-2-1-3-12(13(10)17)25(23)22-6-4-9(5-7-22)24-15-20-8-11(18)14(19)21-15/h1-3,8-9H,4-7H2,(H2,19,20,21). The lowest BCUT2D eigenvalue weighted by atomic mass is 10.1. The molecule has 1 fully saturated rings. The zero-order valence-corrected chi connectivity index (χ0v) is 15.3. The van der Waals surface area contributed by atoms with E-state index in [9.17, 15) is 8.60 Å². The first-order valence-corrected chi connectivity index (χ1v) is 9.37. The Morgan fingerprint density at radius 3 is 2.72 bits per heavy atom. The molecule has 0 spiro atoms. The summed E-state index contributed by atoms with van der Waals surface area (Å²) in [6.45, 7) is 1.08. The minimum absolute atomic E-state index is 0.0383. The number of hydrogen-bond donors (Lipinski definition) is 1. The van der Waals surface area contributed by atoms with Gasteiger partial charge in [-0.1, -0.05) is 29.3 Å². The molecule has 2 heterocycles. The van der Waals surface area contributed by atoms with Gasteiger partial charge >= 0.3 is 6.01 Å². The Bertz CT molecular complexity index is 803. The SMILES string of the molecule is Nc1nc(OC2CCN(S(=O)c3cccc(Cl)c3Cl)CC2)ncc1F. The fourth-order valence-corrected chi connectivity index (χ4v) is 4.28. The number of nitrogen functional groups attached to an aromatic ring is 1. The second kappa shape index (κ2) is 7.82. The zero-order valence-electron chi connectivity index (χ0n) is 13.0. The molecule has 1 aliphatic rings. The molecule has 1 unspecified atom stereocenters. The molecule has 2 aromatic rings. The number of hydrogen-bond acceptors (Lipinski definition) is 5. The van der Waals surface area contributed by atoms with Crippen LogP contribution in [0.4, 0.5) is 10.2 Å². The second-order valence-electron chi connectivity index (χ2n) is 5.43. The molecule has 10 heteroatoms. The van der Waals surface area contributed by atoms with Crippen molar-refractivity contribution < 1.29 is 13.3 Å². The molecule has 0 radical (unpaired) electrons. The largest absolute Gasteiger partial charge is 0.460 e. The average molecular weight is 405 g/mol. The van der Waals surface area contributed by atoms with E-state index in [1.165, 1.54) is 0 Å². The summed E-state index contributed by atoms with van der Waals surface area (Å²) in [5.74, 6) is -0.935. The maximum absolute atomic E-state index is 13.1. The molecule has 3 rings (SSSR count). The Kier molecular flexibility index (Phi) is 5.73. The predicted octanol–water partition coefficient (Wildman–Crippen LogP) is 3.07. The van der Waals surface area contributed by atoms with Gasteiger partial charge in [-0.15, -0.1) is 0 Å². The first-order valence-electron chi connectivity index (χ1n) is 7.51. The van der Waals surface area contributed by atoms with Crippen LogP contribution >= 0.6 is 23.2 Å². The predicted molar refractivity (Wildman–Crippen MR) is 94.5 cm³/mol. The Hall–Kier alpha value is -1.48. The third kappa shape index (κ3) is 4.20. The van der Waals surface area contributed by atoms with Crippen molar-refractivity contribution in [2.24, 2.45) is 0 Å². The summed E-state index contributed by atoms with van der Waals surface area (Å²) >= 11 is 12.1. The molecule has 6 nitrogen and oxygen atoms in total. The number of anilines is 1. The number of benzene rings is 1. The topological polar surface area (TPSA) is 81.3 Å². The van der Waals surface area contributed by atoms with Crippen LogP contribution in [0.15, 0.2) is 29.3 Å². The van der Waals surface area contributed by atoms with Gasteiger partial charge in [0.1, 0.15) is 17.1 Å². The van der Waals surface area contributed by atoms with Crippen LogP contribution in [0.25, 0.3) is 0 Å². The number of aromatic nitrogens is 2. The van der Waals surface area contributed by atoms with Gasteiger partial charge in [-0.3, -0.25) is 0 Å². The smallest absolute Gasteiger partial charge is 0.318 e. The maximum Gasteiger partial charge on any atom is 0.318 e. The highest BCUT2D eigenvalue weighted by atomic mass is 35.5. The van der Waals surface area contributed by atoms with Crippen LogP contribution in [0.1, 0.15) is 12.8 Å². The van der Waals surface area contributed by atoms with Gasteiger partial charge in [0.15, 0.2) is 11.6 Å². The van der Waals surface area contributed by atoms with Crippen LogP contribution in [0.2, 0.25) is 10.0 Å². The Labute approximate surface area is 156 Å². The summed E-state index contributed by atoms with van der Waals surface area (Å²) in [6.07, 6.45) is 2.05. The van der Waals surface area contributed by atoms with Crippen molar-refractivity contribution in [3.8, 4) is 6.01 Å². The molecule has 0 saturated carbocycles. The Morgan fingerprint density at radius 1 is 1.32 bits per heavy atom. The van der Waals surface area contributed by atoms with Gasteiger partial charge in [0.25, 0.3) is 0 Å². The van der Waals surface area contributed by atoms with Gasteiger partial charge in [-0.25, -0.2) is 17.9 Å². The molecule has 25 heavy (non-hydrogen) atoms. The summed E-state index contributed by atoms with van der Waals surface area (Å²) in [4.78, 5) is 8.00. The molecule has 1 aromatic carbocycles. The Morgan fingerprint density at radius 2 is 2.04 bits per heavy atom. The molecule has 134 valence electrons. The van der Waals surface area contributed by atoms with Crippen LogP contribution in [0, 0.1) is 5.82 Å². The van der Waals surface area contributed by atoms with Crippen LogP contribution in [-0.4, -0.2) is 37.7 Å². The molecule has 0 aliphatic carbocycles. The summed E-state index contributed by atoms with van der Waals surface area (Å²) in [5, 5.41) is 0.674. The van der Waals surface area contributed by atoms with Crippen molar-refractivity contribution in [1.29, 1.82) is 0 Å².